The van der Waals surface area contributed by atoms with Gasteiger partial charge in [-0.2, -0.15) is 0 Å². The minimum atomic E-state index is -0.571. The number of aromatic nitrogens is 2. The van der Waals surface area contributed by atoms with Gasteiger partial charge in [0.05, 0.1) is 6.04 Å². The van der Waals surface area contributed by atoms with Crippen LogP contribution in [-0.2, 0) is 14.3 Å². The summed E-state index contributed by atoms with van der Waals surface area (Å²) in [5.41, 5.74) is 1.19. The standard InChI is InChI=1S/C18H25N3O3.C13H17N3O/c1-11-6-5-7-14(19-11)20-16(22)15-12-8-9-13(10-12)21(15)17(23)24-18(2,3)4;1-8-3-2-4-11(14-8)16-13(17)12-9-5-6-10(7-9)15-12/h5-7,12-13,15H,8-10H2,1-4H3,(H,19,20,22);2-4,9-10,12,15H,5-7H2,1H3,(H,14,16,17)/t12?,13?,15-;9?,10?,12-/m00/s1. The molecule has 220 valence electrons. The smallest absolute Gasteiger partial charge is 0.411 e. The average molecular weight is 563 g/mol. The van der Waals surface area contributed by atoms with Crippen molar-refractivity contribution in [2.75, 3.05) is 10.6 Å². The van der Waals surface area contributed by atoms with Crippen molar-refractivity contribution in [1.82, 2.24) is 20.2 Å². The second-order valence-electron chi connectivity index (χ2n) is 12.8. The van der Waals surface area contributed by atoms with Crippen molar-refractivity contribution in [3.05, 3.63) is 47.8 Å². The van der Waals surface area contributed by atoms with Gasteiger partial charge in [0.25, 0.3) is 0 Å². The van der Waals surface area contributed by atoms with Gasteiger partial charge >= 0.3 is 6.09 Å². The molecule has 2 aromatic rings. The first kappa shape index (κ1) is 29.0. The molecule has 4 unspecified atom stereocenters. The van der Waals surface area contributed by atoms with E-state index in [1.54, 1.807) is 11.0 Å². The molecule has 2 aliphatic carbocycles. The molecule has 10 nitrogen and oxygen atoms in total. The molecule has 4 fully saturated rings. The zero-order chi connectivity index (χ0) is 29.3. The summed E-state index contributed by atoms with van der Waals surface area (Å²) in [5.74, 6) is 1.78. The number of carbonyl (C=O) groups excluding carboxylic acids is 3. The van der Waals surface area contributed by atoms with Crippen LogP contribution in [0.1, 0.15) is 70.7 Å². The van der Waals surface area contributed by atoms with E-state index in [2.05, 4.69) is 25.9 Å². The molecule has 2 aromatic heterocycles. The number of carbonyl (C=O) groups is 3. The SMILES string of the molecule is Cc1cccc(NC(=O)[C@@H]2C3CCC(C3)N2C(=O)OC(C)(C)C)n1.Cc1cccc(NC(=O)[C@H]2NC3CCC2C3)n1. The van der Waals surface area contributed by atoms with Gasteiger partial charge in [-0.25, -0.2) is 14.8 Å². The highest BCUT2D eigenvalue weighted by Crippen LogP contribution is 2.43. The normalized spacial score (nSPS) is 27.7. The van der Waals surface area contributed by atoms with Gasteiger partial charge in [-0.3, -0.25) is 14.5 Å². The predicted molar refractivity (Wildman–Crippen MR) is 156 cm³/mol. The third-order valence-corrected chi connectivity index (χ3v) is 8.38. The van der Waals surface area contributed by atoms with E-state index in [9.17, 15) is 14.4 Å². The van der Waals surface area contributed by atoms with Crippen molar-refractivity contribution < 1.29 is 19.1 Å². The fraction of sp³-hybridized carbons (Fsp3) is 0.581. The first-order chi connectivity index (χ1) is 19.5. The number of anilines is 2. The lowest BCUT2D eigenvalue weighted by Gasteiger charge is -2.35. The maximum atomic E-state index is 12.8. The van der Waals surface area contributed by atoms with E-state index in [0.717, 1.165) is 37.1 Å². The number of piperidine rings is 2. The van der Waals surface area contributed by atoms with E-state index in [0.29, 0.717) is 23.6 Å². The summed E-state index contributed by atoms with van der Waals surface area (Å²) in [4.78, 5) is 47.7. The lowest BCUT2D eigenvalue weighted by atomic mass is 9.98. The number of aryl methyl sites for hydroxylation is 2. The van der Waals surface area contributed by atoms with Gasteiger partial charge in [-0.15, -0.1) is 0 Å². The number of hydrogen-bond donors (Lipinski definition) is 3. The van der Waals surface area contributed by atoms with Crippen LogP contribution in [0.5, 0.6) is 0 Å². The number of hydrogen-bond acceptors (Lipinski definition) is 7. The summed E-state index contributed by atoms with van der Waals surface area (Å²) in [7, 11) is 0. The Hall–Kier alpha value is -3.53. The molecule has 6 atom stereocenters. The lowest BCUT2D eigenvalue weighted by molar-refractivity contribution is -0.122. The quantitative estimate of drug-likeness (QED) is 0.498. The number of fused-ring (bicyclic) bond motifs is 4. The van der Waals surface area contributed by atoms with Gasteiger partial charge in [0.15, 0.2) is 0 Å². The molecule has 0 spiro atoms. The Labute approximate surface area is 242 Å². The molecular weight excluding hydrogens is 520 g/mol. The van der Waals surface area contributed by atoms with E-state index in [4.69, 9.17) is 4.74 Å². The van der Waals surface area contributed by atoms with Crippen molar-refractivity contribution in [3.8, 4) is 0 Å². The Morgan fingerprint density at radius 3 is 2.00 bits per heavy atom. The van der Waals surface area contributed by atoms with Crippen molar-refractivity contribution in [1.29, 1.82) is 0 Å². The maximum Gasteiger partial charge on any atom is 0.411 e. The van der Waals surface area contributed by atoms with Gasteiger partial charge < -0.3 is 20.7 Å². The highest BCUT2D eigenvalue weighted by molar-refractivity contribution is 5.97. The van der Waals surface area contributed by atoms with Gasteiger partial charge in [0, 0.05) is 23.5 Å². The highest BCUT2D eigenvalue weighted by Gasteiger charge is 2.52. The number of pyridine rings is 2. The second-order valence-corrected chi connectivity index (χ2v) is 12.8. The van der Waals surface area contributed by atoms with Crippen LogP contribution in [0.25, 0.3) is 0 Å². The van der Waals surface area contributed by atoms with Crippen LogP contribution in [-0.4, -0.2) is 62.5 Å². The van der Waals surface area contributed by atoms with Crippen molar-refractivity contribution in [2.45, 2.75) is 103 Å². The van der Waals surface area contributed by atoms with Crippen LogP contribution >= 0.6 is 0 Å². The molecule has 41 heavy (non-hydrogen) atoms. The Morgan fingerprint density at radius 2 is 1.46 bits per heavy atom. The highest BCUT2D eigenvalue weighted by atomic mass is 16.6. The van der Waals surface area contributed by atoms with E-state index >= 15 is 0 Å². The van der Waals surface area contributed by atoms with Crippen LogP contribution in [0.2, 0.25) is 0 Å². The third kappa shape index (κ3) is 6.86. The van der Waals surface area contributed by atoms with E-state index in [1.807, 2.05) is 65.0 Å². The van der Waals surface area contributed by atoms with Crippen LogP contribution in [0.15, 0.2) is 36.4 Å². The molecule has 4 bridgehead atoms. The van der Waals surface area contributed by atoms with Crippen LogP contribution < -0.4 is 16.0 Å². The number of ether oxygens (including phenoxy) is 1. The van der Waals surface area contributed by atoms with Crippen LogP contribution in [0.4, 0.5) is 16.4 Å². The third-order valence-electron chi connectivity index (χ3n) is 8.38. The van der Waals surface area contributed by atoms with E-state index in [-0.39, 0.29) is 29.8 Å². The first-order valence-corrected chi connectivity index (χ1v) is 14.7. The fourth-order valence-electron chi connectivity index (χ4n) is 6.68. The van der Waals surface area contributed by atoms with Crippen LogP contribution in [0.3, 0.4) is 0 Å². The number of nitrogens with one attached hydrogen (secondary N) is 3. The molecule has 0 aromatic carbocycles. The van der Waals surface area contributed by atoms with Crippen molar-refractivity contribution >= 4 is 29.5 Å². The van der Waals surface area contributed by atoms with Gasteiger partial charge in [-0.05, 0) is 109 Å². The molecular formula is C31H42N6O4. The number of rotatable bonds is 4. The van der Waals surface area contributed by atoms with Crippen molar-refractivity contribution in [2.24, 2.45) is 11.8 Å². The number of amides is 3. The Balaban J connectivity index is 0.000000174. The van der Waals surface area contributed by atoms with E-state index < -0.39 is 17.7 Å². The molecule has 4 heterocycles. The monoisotopic (exact) mass is 562 g/mol. The molecule has 0 radical (unpaired) electrons. The molecule has 2 saturated carbocycles. The Kier molecular flexibility index (Phi) is 8.31. The van der Waals surface area contributed by atoms with Crippen molar-refractivity contribution in [3.63, 3.8) is 0 Å². The predicted octanol–water partition coefficient (Wildman–Crippen LogP) is 4.59. The van der Waals surface area contributed by atoms with E-state index in [1.165, 1.54) is 12.8 Å². The summed E-state index contributed by atoms with van der Waals surface area (Å²) in [6, 6.07) is 11.3. The second kappa shape index (κ2) is 11.8. The summed E-state index contributed by atoms with van der Waals surface area (Å²) in [6.45, 7) is 9.31. The number of likely N-dealkylation sites (tertiary alicyclic amines) is 1. The fourth-order valence-corrected chi connectivity index (χ4v) is 6.68. The topological polar surface area (TPSA) is 126 Å². The van der Waals surface area contributed by atoms with Crippen LogP contribution in [0, 0.1) is 25.7 Å². The first-order valence-electron chi connectivity index (χ1n) is 14.7. The van der Waals surface area contributed by atoms with Gasteiger partial charge in [0.1, 0.15) is 23.3 Å². The Bertz CT molecular complexity index is 1290. The minimum absolute atomic E-state index is 0.0175. The zero-order valence-corrected chi connectivity index (χ0v) is 24.6. The zero-order valence-electron chi connectivity index (χ0n) is 24.6. The molecule has 3 N–H and O–H groups in total. The Morgan fingerprint density at radius 1 is 0.854 bits per heavy atom. The number of nitrogens with zero attached hydrogens (tertiary/aromatic N) is 3. The summed E-state index contributed by atoms with van der Waals surface area (Å²) < 4.78 is 5.52. The lowest BCUT2D eigenvalue weighted by Crippen LogP contribution is -2.52. The molecule has 3 amide bonds. The minimum Gasteiger partial charge on any atom is -0.444 e. The molecule has 2 saturated heterocycles. The molecule has 2 aliphatic heterocycles. The molecule has 4 aliphatic rings. The molecule has 6 rings (SSSR count). The maximum absolute atomic E-state index is 12.8. The summed E-state index contributed by atoms with van der Waals surface area (Å²) in [5, 5.41) is 9.14. The largest absolute Gasteiger partial charge is 0.444 e. The molecule has 10 heteroatoms. The summed E-state index contributed by atoms with van der Waals surface area (Å²) in [6.07, 6.45) is 5.94. The average Bonchev–Trinajstić information content (AvgIpc) is 3.70. The van der Waals surface area contributed by atoms with Gasteiger partial charge in [0.2, 0.25) is 11.8 Å². The van der Waals surface area contributed by atoms with Gasteiger partial charge in [-0.1, -0.05) is 12.1 Å². The summed E-state index contributed by atoms with van der Waals surface area (Å²) >= 11 is 0.